The summed E-state index contributed by atoms with van der Waals surface area (Å²) in [5, 5.41) is 0. The van der Waals surface area contributed by atoms with Crippen LogP contribution in [0.2, 0.25) is 0 Å². The Kier molecular flexibility index (Phi) is 5.79. The molecule has 142 valence electrons. The zero-order chi connectivity index (χ0) is 19.4. The highest BCUT2D eigenvalue weighted by Crippen LogP contribution is 2.33. The number of anilines is 2. The molecular formula is C22H26N2O3. The minimum absolute atomic E-state index is 0.0348. The second-order valence-electron chi connectivity index (χ2n) is 6.77. The molecule has 27 heavy (non-hydrogen) atoms. The molecule has 1 aliphatic rings. The van der Waals surface area contributed by atoms with Crippen LogP contribution >= 0.6 is 0 Å². The summed E-state index contributed by atoms with van der Waals surface area (Å²) >= 11 is 0. The number of nitrogens with zero attached hydrogens (tertiary/aromatic N) is 2. The lowest BCUT2D eigenvalue weighted by molar-refractivity contribution is -0.119. The third-order valence-electron chi connectivity index (χ3n) is 4.86. The Morgan fingerprint density at radius 1 is 1.15 bits per heavy atom. The van der Waals surface area contributed by atoms with Crippen molar-refractivity contribution < 1.29 is 14.3 Å². The van der Waals surface area contributed by atoms with E-state index in [0.29, 0.717) is 24.6 Å². The number of ether oxygens (including phenoxy) is 1. The first-order chi connectivity index (χ1) is 13.0. The fourth-order valence-corrected chi connectivity index (χ4v) is 3.68. The quantitative estimate of drug-likeness (QED) is 0.781. The van der Waals surface area contributed by atoms with Gasteiger partial charge in [0.05, 0.1) is 12.3 Å². The molecule has 0 spiro atoms. The SMILES string of the molecule is CCOc1ccccc1N(CCC(=O)N1c2ccccc2CC1C)C(C)=O. The summed E-state index contributed by atoms with van der Waals surface area (Å²) in [6.07, 6.45) is 1.13. The molecule has 1 unspecified atom stereocenters. The summed E-state index contributed by atoms with van der Waals surface area (Å²) in [6, 6.07) is 15.6. The molecule has 3 rings (SSSR count). The van der Waals surface area contributed by atoms with Gasteiger partial charge in [0.2, 0.25) is 11.8 Å². The first kappa shape index (κ1) is 19.0. The van der Waals surface area contributed by atoms with Gasteiger partial charge in [0.1, 0.15) is 5.75 Å². The molecule has 0 radical (unpaired) electrons. The van der Waals surface area contributed by atoms with Crippen molar-refractivity contribution in [2.24, 2.45) is 0 Å². The van der Waals surface area contributed by atoms with Gasteiger partial charge >= 0.3 is 0 Å². The minimum atomic E-state index is -0.107. The summed E-state index contributed by atoms with van der Waals surface area (Å²) < 4.78 is 5.65. The van der Waals surface area contributed by atoms with E-state index in [1.54, 1.807) is 4.90 Å². The summed E-state index contributed by atoms with van der Waals surface area (Å²) in [4.78, 5) is 28.7. The fourth-order valence-electron chi connectivity index (χ4n) is 3.68. The normalized spacial score (nSPS) is 15.4. The molecule has 1 heterocycles. The summed E-state index contributed by atoms with van der Waals surface area (Å²) in [7, 11) is 0. The predicted octanol–water partition coefficient (Wildman–Crippen LogP) is 3.81. The van der Waals surface area contributed by atoms with Crippen molar-refractivity contribution in [3.63, 3.8) is 0 Å². The lowest BCUT2D eigenvalue weighted by atomic mass is 10.1. The van der Waals surface area contributed by atoms with Crippen molar-refractivity contribution in [2.75, 3.05) is 23.0 Å². The lowest BCUT2D eigenvalue weighted by Crippen LogP contribution is -2.39. The molecule has 0 bridgehead atoms. The van der Waals surface area contributed by atoms with E-state index in [9.17, 15) is 9.59 Å². The molecule has 5 heteroatoms. The Bertz CT molecular complexity index is 834. The minimum Gasteiger partial charge on any atom is -0.492 e. The molecule has 2 aromatic rings. The number of hydrogen-bond donors (Lipinski definition) is 0. The second-order valence-corrected chi connectivity index (χ2v) is 6.77. The van der Waals surface area contributed by atoms with Gasteiger partial charge in [0.15, 0.2) is 0 Å². The van der Waals surface area contributed by atoms with Crippen molar-refractivity contribution in [1.82, 2.24) is 0 Å². The van der Waals surface area contributed by atoms with Crippen LogP contribution in [0.1, 0.15) is 32.8 Å². The van der Waals surface area contributed by atoms with Crippen LogP contribution in [0.15, 0.2) is 48.5 Å². The lowest BCUT2D eigenvalue weighted by Gasteiger charge is -2.26. The summed E-state index contributed by atoms with van der Waals surface area (Å²) in [5.41, 5.74) is 2.89. The van der Waals surface area contributed by atoms with Gasteiger partial charge < -0.3 is 14.5 Å². The summed E-state index contributed by atoms with van der Waals surface area (Å²) in [6.45, 7) is 6.32. The highest BCUT2D eigenvalue weighted by molar-refractivity contribution is 5.98. The number of carbonyl (C=O) groups is 2. The van der Waals surface area contributed by atoms with Crippen molar-refractivity contribution in [1.29, 1.82) is 0 Å². The zero-order valence-corrected chi connectivity index (χ0v) is 16.1. The van der Waals surface area contributed by atoms with Gasteiger partial charge in [-0.3, -0.25) is 9.59 Å². The first-order valence-electron chi connectivity index (χ1n) is 9.42. The molecule has 1 aliphatic heterocycles. The van der Waals surface area contributed by atoms with Crippen molar-refractivity contribution in [3.05, 3.63) is 54.1 Å². The van der Waals surface area contributed by atoms with E-state index in [0.717, 1.165) is 12.1 Å². The van der Waals surface area contributed by atoms with E-state index in [2.05, 4.69) is 13.0 Å². The van der Waals surface area contributed by atoms with Crippen molar-refractivity contribution in [3.8, 4) is 5.75 Å². The third-order valence-corrected chi connectivity index (χ3v) is 4.86. The number of fused-ring (bicyclic) bond motifs is 1. The maximum Gasteiger partial charge on any atom is 0.229 e. The Labute approximate surface area is 160 Å². The maximum absolute atomic E-state index is 12.9. The first-order valence-corrected chi connectivity index (χ1v) is 9.42. The summed E-state index contributed by atoms with van der Waals surface area (Å²) in [5.74, 6) is 0.583. The number of rotatable bonds is 6. The maximum atomic E-state index is 12.9. The Hall–Kier alpha value is -2.82. The van der Waals surface area contributed by atoms with E-state index in [1.165, 1.54) is 12.5 Å². The van der Waals surface area contributed by atoms with E-state index >= 15 is 0 Å². The van der Waals surface area contributed by atoms with Crippen LogP contribution < -0.4 is 14.5 Å². The largest absolute Gasteiger partial charge is 0.492 e. The van der Waals surface area contributed by atoms with Gasteiger partial charge in [-0.2, -0.15) is 0 Å². The second kappa shape index (κ2) is 8.25. The number of benzene rings is 2. The fraction of sp³-hybridized carbons (Fsp3) is 0.364. The van der Waals surface area contributed by atoms with Crippen LogP contribution in [-0.4, -0.2) is 31.0 Å². The average Bonchev–Trinajstić information content (AvgIpc) is 2.98. The molecule has 0 N–H and O–H groups in total. The number of amides is 2. The van der Waals surface area contributed by atoms with E-state index < -0.39 is 0 Å². The van der Waals surface area contributed by atoms with Crippen LogP contribution in [0.3, 0.4) is 0 Å². The monoisotopic (exact) mass is 366 g/mol. The van der Waals surface area contributed by atoms with E-state index in [-0.39, 0.29) is 24.3 Å². The van der Waals surface area contributed by atoms with Crippen LogP contribution in [0, 0.1) is 0 Å². The van der Waals surface area contributed by atoms with Gasteiger partial charge in [0, 0.05) is 31.6 Å². The highest BCUT2D eigenvalue weighted by Gasteiger charge is 2.30. The molecule has 2 aromatic carbocycles. The van der Waals surface area contributed by atoms with Gasteiger partial charge in [-0.25, -0.2) is 0 Å². The van der Waals surface area contributed by atoms with Crippen LogP contribution in [0.25, 0.3) is 0 Å². The standard InChI is InChI=1S/C22H26N2O3/c1-4-27-21-12-8-7-11-20(21)23(17(3)25)14-13-22(26)24-16(2)15-18-9-5-6-10-19(18)24/h5-12,16H,4,13-15H2,1-3H3. The molecule has 0 saturated heterocycles. The molecule has 0 aromatic heterocycles. The topological polar surface area (TPSA) is 49.9 Å². The molecule has 0 saturated carbocycles. The molecule has 0 fully saturated rings. The van der Waals surface area contributed by atoms with Gasteiger partial charge in [-0.15, -0.1) is 0 Å². The Morgan fingerprint density at radius 2 is 1.85 bits per heavy atom. The Morgan fingerprint density at radius 3 is 2.59 bits per heavy atom. The Balaban J connectivity index is 1.76. The predicted molar refractivity (Wildman–Crippen MR) is 107 cm³/mol. The van der Waals surface area contributed by atoms with Gasteiger partial charge in [0.25, 0.3) is 0 Å². The molecular weight excluding hydrogens is 340 g/mol. The zero-order valence-electron chi connectivity index (χ0n) is 16.1. The molecule has 2 amide bonds. The van der Waals surface area contributed by atoms with Crippen LogP contribution in [0.5, 0.6) is 5.75 Å². The smallest absolute Gasteiger partial charge is 0.229 e. The van der Waals surface area contributed by atoms with Gasteiger partial charge in [-0.05, 0) is 44.0 Å². The average molecular weight is 366 g/mol. The van der Waals surface area contributed by atoms with Crippen molar-refractivity contribution in [2.45, 2.75) is 39.7 Å². The van der Waals surface area contributed by atoms with Crippen LogP contribution in [0.4, 0.5) is 11.4 Å². The number of hydrogen-bond acceptors (Lipinski definition) is 3. The van der Waals surface area contributed by atoms with E-state index in [1.807, 2.05) is 54.3 Å². The van der Waals surface area contributed by atoms with Crippen molar-refractivity contribution >= 4 is 23.2 Å². The van der Waals surface area contributed by atoms with Gasteiger partial charge in [-0.1, -0.05) is 30.3 Å². The molecule has 5 nitrogen and oxygen atoms in total. The molecule has 0 aliphatic carbocycles. The molecule has 1 atom stereocenters. The van der Waals surface area contributed by atoms with E-state index in [4.69, 9.17) is 4.74 Å². The third kappa shape index (κ3) is 3.97. The number of carbonyl (C=O) groups excluding carboxylic acids is 2. The van der Waals surface area contributed by atoms with Crippen LogP contribution in [-0.2, 0) is 16.0 Å². The highest BCUT2D eigenvalue weighted by atomic mass is 16.5. The number of para-hydroxylation sites is 3.